The summed E-state index contributed by atoms with van der Waals surface area (Å²) in [5.41, 5.74) is 24.3. The Hall–Kier alpha value is -8.00. The standard InChI is InChI=1S/C63H43N/c1-62(45-25-9-4-10-26-45)51-31-15-13-29-48(51)60-55(62)35-19-37-58(60)64(57-40-39-44(42-21-5-2-6-22-42)41-50(57)43-23-7-3-8-24-43)59-38-20-36-56-61(59)49-30-14-18-34-54(49)63(56)52-32-16-11-27-46(52)47-28-12-17-33-53(47)63/h2-41H,1H3. The fourth-order valence-corrected chi connectivity index (χ4v) is 11.9. The van der Waals surface area contributed by atoms with Gasteiger partial charge in [0.2, 0.25) is 0 Å². The highest BCUT2D eigenvalue weighted by atomic mass is 15.2. The predicted molar refractivity (Wildman–Crippen MR) is 266 cm³/mol. The average molecular weight is 814 g/mol. The minimum atomic E-state index is -0.475. The van der Waals surface area contributed by atoms with E-state index in [9.17, 15) is 0 Å². The molecule has 3 aliphatic carbocycles. The summed E-state index contributed by atoms with van der Waals surface area (Å²) in [4.78, 5) is 2.62. The van der Waals surface area contributed by atoms with Gasteiger partial charge >= 0.3 is 0 Å². The van der Waals surface area contributed by atoms with E-state index in [-0.39, 0.29) is 5.41 Å². The zero-order chi connectivity index (χ0) is 42.4. The largest absolute Gasteiger partial charge is 0.309 e. The normalized spacial score (nSPS) is 15.5. The fraction of sp³-hybridized carbons (Fsp3) is 0.0476. The fourth-order valence-electron chi connectivity index (χ4n) is 11.9. The third kappa shape index (κ3) is 4.95. The van der Waals surface area contributed by atoms with Gasteiger partial charge in [0.15, 0.2) is 0 Å². The quantitative estimate of drug-likeness (QED) is 0.162. The Labute approximate surface area is 375 Å². The second-order valence-electron chi connectivity index (χ2n) is 17.6. The topological polar surface area (TPSA) is 3.24 Å². The second kappa shape index (κ2) is 14.0. The second-order valence-corrected chi connectivity index (χ2v) is 17.6. The molecule has 10 aromatic carbocycles. The zero-order valence-electron chi connectivity index (χ0n) is 35.5. The number of fused-ring (bicyclic) bond motifs is 13. The van der Waals surface area contributed by atoms with Crippen LogP contribution in [0.1, 0.15) is 45.9 Å². The van der Waals surface area contributed by atoms with Crippen LogP contribution in [0, 0.1) is 0 Å². The van der Waals surface area contributed by atoms with Gasteiger partial charge in [-0.05, 0) is 109 Å². The molecular formula is C63H43N. The molecule has 3 aliphatic rings. The summed E-state index contributed by atoms with van der Waals surface area (Å²) in [6, 6.07) is 90.5. The van der Waals surface area contributed by atoms with E-state index in [1.54, 1.807) is 0 Å². The van der Waals surface area contributed by atoms with Gasteiger partial charge < -0.3 is 4.90 Å². The lowest BCUT2D eigenvalue weighted by Crippen LogP contribution is -2.26. The molecule has 0 fully saturated rings. The molecule has 64 heavy (non-hydrogen) atoms. The van der Waals surface area contributed by atoms with E-state index in [2.05, 4.69) is 254 Å². The first-order chi connectivity index (χ1) is 31.7. The van der Waals surface area contributed by atoms with Crippen molar-refractivity contribution in [3.8, 4) is 55.6 Å². The molecule has 300 valence electrons. The average Bonchev–Trinajstić information content (AvgIpc) is 3.95. The van der Waals surface area contributed by atoms with E-state index >= 15 is 0 Å². The van der Waals surface area contributed by atoms with E-state index in [1.807, 2.05) is 0 Å². The lowest BCUT2D eigenvalue weighted by Gasteiger charge is -2.34. The van der Waals surface area contributed by atoms with Crippen molar-refractivity contribution in [2.45, 2.75) is 17.8 Å². The van der Waals surface area contributed by atoms with Crippen LogP contribution in [0.4, 0.5) is 17.1 Å². The van der Waals surface area contributed by atoms with Crippen LogP contribution in [0.25, 0.3) is 55.6 Å². The molecule has 10 aromatic rings. The van der Waals surface area contributed by atoms with E-state index in [0.29, 0.717) is 0 Å². The monoisotopic (exact) mass is 813 g/mol. The lowest BCUT2D eigenvalue weighted by molar-refractivity contribution is 0.714. The minimum Gasteiger partial charge on any atom is -0.309 e. The summed E-state index contributed by atoms with van der Waals surface area (Å²) >= 11 is 0. The molecule has 1 atom stereocenters. The molecule has 0 N–H and O–H groups in total. The first-order valence-corrected chi connectivity index (χ1v) is 22.4. The summed E-state index contributed by atoms with van der Waals surface area (Å²) in [5.74, 6) is 0. The third-order valence-corrected chi connectivity index (χ3v) is 14.6. The highest BCUT2D eigenvalue weighted by Gasteiger charge is 2.52. The van der Waals surface area contributed by atoms with Crippen molar-refractivity contribution in [1.82, 2.24) is 0 Å². The summed E-state index contributed by atoms with van der Waals surface area (Å²) < 4.78 is 0. The van der Waals surface area contributed by atoms with Crippen LogP contribution in [0.15, 0.2) is 243 Å². The highest BCUT2D eigenvalue weighted by molar-refractivity contribution is 6.05. The molecule has 0 saturated heterocycles. The molecule has 0 amide bonds. The van der Waals surface area contributed by atoms with Gasteiger partial charge in [0.25, 0.3) is 0 Å². The summed E-state index contributed by atoms with van der Waals surface area (Å²) in [6.45, 7) is 2.42. The van der Waals surface area contributed by atoms with Crippen LogP contribution in [-0.2, 0) is 10.8 Å². The number of hydrogen-bond donors (Lipinski definition) is 0. The van der Waals surface area contributed by atoms with Crippen molar-refractivity contribution < 1.29 is 0 Å². The first kappa shape index (κ1) is 36.6. The van der Waals surface area contributed by atoms with Crippen LogP contribution in [0.2, 0.25) is 0 Å². The maximum atomic E-state index is 2.62. The number of hydrogen-bond acceptors (Lipinski definition) is 1. The molecule has 0 bridgehead atoms. The van der Waals surface area contributed by atoms with Gasteiger partial charge in [0.05, 0.1) is 22.5 Å². The summed E-state index contributed by atoms with van der Waals surface area (Å²) in [5, 5.41) is 0. The lowest BCUT2D eigenvalue weighted by atomic mass is 9.70. The van der Waals surface area contributed by atoms with E-state index in [0.717, 1.165) is 17.1 Å². The molecule has 0 heterocycles. The summed E-state index contributed by atoms with van der Waals surface area (Å²) in [7, 11) is 0. The molecule has 1 heteroatoms. The van der Waals surface area contributed by atoms with Gasteiger partial charge in [-0.1, -0.05) is 218 Å². The molecule has 1 nitrogen and oxygen atoms in total. The van der Waals surface area contributed by atoms with Crippen molar-refractivity contribution in [2.75, 3.05) is 4.90 Å². The van der Waals surface area contributed by atoms with Gasteiger partial charge in [-0.2, -0.15) is 0 Å². The SMILES string of the molecule is CC1(c2ccccc2)c2ccccc2-c2c(N(c3ccc(-c4ccccc4)cc3-c3ccccc3)c3cccc4c3-c3ccccc3C43c4ccccc4-c4ccccc43)cccc21. The molecule has 1 unspecified atom stereocenters. The zero-order valence-corrected chi connectivity index (χ0v) is 35.5. The van der Waals surface area contributed by atoms with E-state index < -0.39 is 5.41 Å². The Morgan fingerprint density at radius 2 is 0.719 bits per heavy atom. The maximum absolute atomic E-state index is 2.62. The number of nitrogens with zero attached hydrogens (tertiary/aromatic N) is 1. The number of rotatable bonds is 6. The van der Waals surface area contributed by atoms with Gasteiger partial charge in [0, 0.05) is 22.1 Å². The Morgan fingerprint density at radius 1 is 0.281 bits per heavy atom. The van der Waals surface area contributed by atoms with Crippen molar-refractivity contribution in [3.05, 3.63) is 282 Å². The van der Waals surface area contributed by atoms with E-state index in [4.69, 9.17) is 0 Å². The summed E-state index contributed by atoms with van der Waals surface area (Å²) in [6.07, 6.45) is 0. The molecule has 13 rings (SSSR count). The van der Waals surface area contributed by atoms with Crippen LogP contribution in [0.5, 0.6) is 0 Å². The van der Waals surface area contributed by atoms with Crippen molar-refractivity contribution in [2.24, 2.45) is 0 Å². The Kier molecular flexibility index (Phi) is 8.02. The van der Waals surface area contributed by atoms with Crippen LogP contribution >= 0.6 is 0 Å². The first-order valence-electron chi connectivity index (χ1n) is 22.4. The molecule has 0 aliphatic heterocycles. The van der Waals surface area contributed by atoms with Crippen molar-refractivity contribution in [1.29, 1.82) is 0 Å². The van der Waals surface area contributed by atoms with Gasteiger partial charge in [0.1, 0.15) is 0 Å². The molecular weight excluding hydrogens is 771 g/mol. The minimum absolute atomic E-state index is 0.360. The van der Waals surface area contributed by atoms with Crippen LogP contribution in [-0.4, -0.2) is 0 Å². The number of benzene rings is 10. The van der Waals surface area contributed by atoms with Gasteiger partial charge in [-0.3, -0.25) is 0 Å². The Balaban J connectivity index is 1.16. The molecule has 0 saturated carbocycles. The third-order valence-electron chi connectivity index (χ3n) is 14.6. The number of anilines is 3. The Bertz CT molecular complexity index is 3410. The van der Waals surface area contributed by atoms with Crippen molar-refractivity contribution >= 4 is 17.1 Å². The molecule has 0 aromatic heterocycles. The van der Waals surface area contributed by atoms with Crippen LogP contribution in [0.3, 0.4) is 0 Å². The molecule has 1 spiro atoms. The predicted octanol–water partition coefficient (Wildman–Crippen LogP) is 16.2. The van der Waals surface area contributed by atoms with Gasteiger partial charge in [-0.25, -0.2) is 0 Å². The van der Waals surface area contributed by atoms with E-state index in [1.165, 1.54) is 94.6 Å². The van der Waals surface area contributed by atoms with Gasteiger partial charge in [-0.15, -0.1) is 0 Å². The molecule has 0 radical (unpaired) electrons. The smallest absolute Gasteiger partial charge is 0.0726 e. The highest BCUT2D eigenvalue weighted by Crippen LogP contribution is 2.66. The van der Waals surface area contributed by atoms with Crippen molar-refractivity contribution in [3.63, 3.8) is 0 Å². The maximum Gasteiger partial charge on any atom is 0.0726 e. The Morgan fingerprint density at radius 3 is 1.33 bits per heavy atom. The van der Waals surface area contributed by atoms with Crippen LogP contribution < -0.4 is 4.90 Å².